The zero-order chi connectivity index (χ0) is 18.4. The van der Waals surface area contributed by atoms with Gasteiger partial charge in [-0.2, -0.15) is 0 Å². The number of halogens is 2. The Morgan fingerprint density at radius 2 is 1.73 bits per heavy atom. The van der Waals surface area contributed by atoms with Crippen molar-refractivity contribution in [2.75, 3.05) is 12.4 Å². The third-order valence-corrected chi connectivity index (χ3v) is 4.44. The average Bonchev–Trinajstić information content (AvgIpc) is 2.67. The van der Waals surface area contributed by atoms with Crippen LogP contribution in [-0.2, 0) is 13.2 Å². The lowest BCUT2D eigenvalue weighted by Gasteiger charge is -2.13. The predicted molar refractivity (Wildman–Crippen MR) is 105 cm³/mol. The van der Waals surface area contributed by atoms with Crippen LogP contribution in [0.3, 0.4) is 0 Å². The van der Waals surface area contributed by atoms with E-state index in [1.165, 1.54) is 6.07 Å². The molecule has 3 nitrogen and oxygen atoms in total. The molecule has 0 aliphatic rings. The Hall–Kier alpha value is -2.53. The molecule has 134 valence electrons. The molecule has 0 aromatic heterocycles. The zero-order valence-corrected chi connectivity index (χ0v) is 15.9. The maximum absolute atomic E-state index is 13.7. The standard InChI is InChI=1S/C21H19BrFNO2/c1-25-21-12-15(13-24-18-9-7-17(22)8-10-18)6-11-20(21)26-14-16-4-2-3-5-19(16)23/h2-12,24H,13-14H2,1H3. The van der Waals surface area contributed by atoms with Crippen molar-refractivity contribution in [1.82, 2.24) is 0 Å². The molecule has 0 heterocycles. The van der Waals surface area contributed by atoms with Crippen LogP contribution in [0.1, 0.15) is 11.1 Å². The fraction of sp³-hybridized carbons (Fsp3) is 0.143. The van der Waals surface area contributed by atoms with Crippen molar-refractivity contribution in [1.29, 1.82) is 0 Å². The minimum absolute atomic E-state index is 0.152. The van der Waals surface area contributed by atoms with Gasteiger partial charge in [0, 0.05) is 22.3 Å². The Bertz CT molecular complexity index is 868. The molecule has 0 aliphatic heterocycles. The van der Waals surface area contributed by atoms with Gasteiger partial charge in [-0.1, -0.05) is 40.2 Å². The van der Waals surface area contributed by atoms with Gasteiger partial charge in [0.1, 0.15) is 12.4 Å². The highest BCUT2D eigenvalue weighted by molar-refractivity contribution is 9.10. The highest BCUT2D eigenvalue weighted by Gasteiger charge is 2.08. The second kappa shape index (κ2) is 8.72. The van der Waals surface area contributed by atoms with Crippen molar-refractivity contribution >= 4 is 21.6 Å². The number of rotatable bonds is 7. The molecule has 1 N–H and O–H groups in total. The van der Waals surface area contributed by atoms with Gasteiger partial charge in [0.2, 0.25) is 0 Å². The minimum atomic E-state index is -0.276. The van der Waals surface area contributed by atoms with Crippen molar-refractivity contribution in [3.8, 4) is 11.5 Å². The maximum atomic E-state index is 13.7. The Morgan fingerprint density at radius 1 is 0.962 bits per heavy atom. The van der Waals surface area contributed by atoms with Gasteiger partial charge in [0.15, 0.2) is 11.5 Å². The number of nitrogens with one attached hydrogen (secondary N) is 1. The molecule has 0 aliphatic carbocycles. The van der Waals surface area contributed by atoms with Crippen LogP contribution < -0.4 is 14.8 Å². The molecule has 0 radical (unpaired) electrons. The highest BCUT2D eigenvalue weighted by Crippen LogP contribution is 2.29. The molecule has 0 amide bonds. The van der Waals surface area contributed by atoms with E-state index in [0.29, 0.717) is 23.6 Å². The average molecular weight is 416 g/mol. The van der Waals surface area contributed by atoms with Crippen molar-refractivity contribution in [2.45, 2.75) is 13.2 Å². The van der Waals surface area contributed by atoms with Gasteiger partial charge in [0.05, 0.1) is 7.11 Å². The number of hydrogen-bond acceptors (Lipinski definition) is 3. The van der Waals surface area contributed by atoms with Gasteiger partial charge in [-0.3, -0.25) is 0 Å². The molecule has 0 saturated carbocycles. The second-order valence-electron chi connectivity index (χ2n) is 5.73. The Labute approximate surface area is 160 Å². The summed E-state index contributed by atoms with van der Waals surface area (Å²) in [6, 6.07) is 20.3. The van der Waals surface area contributed by atoms with Gasteiger partial charge in [-0.15, -0.1) is 0 Å². The van der Waals surface area contributed by atoms with Crippen LogP contribution in [0.2, 0.25) is 0 Å². The SMILES string of the molecule is COc1cc(CNc2ccc(Br)cc2)ccc1OCc1ccccc1F. The molecular formula is C21H19BrFNO2. The molecule has 0 saturated heterocycles. The topological polar surface area (TPSA) is 30.5 Å². The van der Waals surface area contributed by atoms with E-state index in [0.717, 1.165) is 15.7 Å². The van der Waals surface area contributed by atoms with E-state index in [9.17, 15) is 4.39 Å². The largest absolute Gasteiger partial charge is 0.493 e. The highest BCUT2D eigenvalue weighted by atomic mass is 79.9. The van der Waals surface area contributed by atoms with Crippen LogP contribution in [0, 0.1) is 5.82 Å². The first-order valence-corrected chi connectivity index (χ1v) is 8.97. The smallest absolute Gasteiger partial charge is 0.161 e. The lowest BCUT2D eigenvalue weighted by molar-refractivity contribution is 0.279. The molecule has 26 heavy (non-hydrogen) atoms. The normalized spacial score (nSPS) is 10.4. The summed E-state index contributed by atoms with van der Waals surface area (Å²) in [5, 5.41) is 3.36. The summed E-state index contributed by atoms with van der Waals surface area (Å²) in [5.41, 5.74) is 2.60. The van der Waals surface area contributed by atoms with Gasteiger partial charge < -0.3 is 14.8 Å². The molecular weight excluding hydrogens is 397 g/mol. The number of ether oxygens (including phenoxy) is 2. The molecule has 5 heteroatoms. The summed E-state index contributed by atoms with van der Waals surface area (Å²) in [7, 11) is 1.59. The molecule has 0 atom stereocenters. The van der Waals surface area contributed by atoms with E-state index < -0.39 is 0 Å². The first-order chi connectivity index (χ1) is 12.7. The van der Waals surface area contributed by atoms with Crippen molar-refractivity contribution in [3.05, 3.63) is 88.1 Å². The van der Waals surface area contributed by atoms with E-state index in [1.807, 2.05) is 42.5 Å². The second-order valence-corrected chi connectivity index (χ2v) is 6.64. The van der Waals surface area contributed by atoms with Crippen molar-refractivity contribution < 1.29 is 13.9 Å². The van der Waals surface area contributed by atoms with Crippen LogP contribution in [0.4, 0.5) is 10.1 Å². The molecule has 3 aromatic rings. The van der Waals surface area contributed by atoms with E-state index in [1.54, 1.807) is 25.3 Å². The van der Waals surface area contributed by atoms with Gasteiger partial charge in [-0.25, -0.2) is 4.39 Å². The molecule has 3 rings (SSSR count). The Kier molecular flexibility index (Phi) is 6.12. The third kappa shape index (κ3) is 4.76. The lowest BCUT2D eigenvalue weighted by Crippen LogP contribution is -2.02. The molecule has 0 bridgehead atoms. The van der Waals surface area contributed by atoms with Gasteiger partial charge in [0.25, 0.3) is 0 Å². The minimum Gasteiger partial charge on any atom is -0.493 e. The Morgan fingerprint density at radius 3 is 2.46 bits per heavy atom. The third-order valence-electron chi connectivity index (χ3n) is 3.91. The van der Waals surface area contributed by atoms with Crippen LogP contribution >= 0.6 is 15.9 Å². The van der Waals surface area contributed by atoms with Crippen LogP contribution in [0.15, 0.2) is 71.2 Å². The number of methoxy groups -OCH3 is 1. The molecule has 0 fully saturated rings. The number of anilines is 1. The quantitative estimate of drug-likeness (QED) is 0.529. The fourth-order valence-electron chi connectivity index (χ4n) is 2.48. The first kappa shape index (κ1) is 18.3. The number of benzene rings is 3. The summed E-state index contributed by atoms with van der Waals surface area (Å²) in [5.74, 6) is 0.932. The fourth-order valence-corrected chi connectivity index (χ4v) is 2.75. The van der Waals surface area contributed by atoms with E-state index >= 15 is 0 Å². The summed E-state index contributed by atoms with van der Waals surface area (Å²) in [6.07, 6.45) is 0. The Balaban J connectivity index is 1.65. The summed E-state index contributed by atoms with van der Waals surface area (Å²) < 4.78 is 25.9. The predicted octanol–water partition coefficient (Wildman–Crippen LogP) is 5.79. The van der Waals surface area contributed by atoms with E-state index in [2.05, 4.69) is 21.2 Å². The lowest BCUT2D eigenvalue weighted by atomic mass is 10.2. The first-order valence-electron chi connectivity index (χ1n) is 8.18. The molecule has 0 spiro atoms. The molecule has 3 aromatic carbocycles. The maximum Gasteiger partial charge on any atom is 0.161 e. The summed E-state index contributed by atoms with van der Waals surface area (Å²) in [4.78, 5) is 0. The van der Waals surface area contributed by atoms with Crippen molar-refractivity contribution in [3.63, 3.8) is 0 Å². The molecule has 0 unspecified atom stereocenters. The summed E-state index contributed by atoms with van der Waals surface area (Å²) >= 11 is 3.42. The van der Waals surface area contributed by atoms with Crippen LogP contribution in [0.5, 0.6) is 11.5 Å². The number of hydrogen-bond donors (Lipinski definition) is 1. The van der Waals surface area contributed by atoms with Gasteiger partial charge >= 0.3 is 0 Å². The van der Waals surface area contributed by atoms with Gasteiger partial charge in [-0.05, 0) is 48.0 Å². The van der Waals surface area contributed by atoms with Crippen LogP contribution in [-0.4, -0.2) is 7.11 Å². The monoisotopic (exact) mass is 415 g/mol. The van der Waals surface area contributed by atoms with Crippen molar-refractivity contribution in [2.24, 2.45) is 0 Å². The summed E-state index contributed by atoms with van der Waals surface area (Å²) in [6.45, 7) is 0.811. The zero-order valence-electron chi connectivity index (χ0n) is 14.3. The van der Waals surface area contributed by atoms with E-state index in [-0.39, 0.29) is 12.4 Å². The van der Waals surface area contributed by atoms with Crippen LogP contribution in [0.25, 0.3) is 0 Å². The van der Waals surface area contributed by atoms with E-state index in [4.69, 9.17) is 9.47 Å².